The van der Waals surface area contributed by atoms with Crippen LogP contribution in [0.1, 0.15) is 11.1 Å². The Morgan fingerprint density at radius 3 is 2.76 bits per heavy atom. The van der Waals surface area contributed by atoms with Crippen LogP contribution in [0.4, 0.5) is 0 Å². The third-order valence-electron chi connectivity index (χ3n) is 4.09. The molecule has 0 fully saturated rings. The number of imidazole rings is 1. The lowest BCUT2D eigenvalue weighted by Gasteiger charge is -2.04. The molecule has 0 saturated carbocycles. The summed E-state index contributed by atoms with van der Waals surface area (Å²) >= 11 is 0. The first-order valence-corrected chi connectivity index (χ1v) is 7.10. The quantitative estimate of drug-likeness (QED) is 0.546. The Balaban J connectivity index is 1.88. The second-order valence-corrected chi connectivity index (χ2v) is 5.52. The van der Waals surface area contributed by atoms with E-state index in [1.165, 1.54) is 22.0 Å². The largest absolute Gasteiger partial charge is 0.350 e. The average molecular weight is 274 g/mol. The lowest BCUT2D eigenvalue weighted by molar-refractivity contribution is 0.814. The minimum Gasteiger partial charge on any atom is -0.350 e. The zero-order valence-corrected chi connectivity index (χ0v) is 12.2. The second-order valence-electron chi connectivity index (χ2n) is 5.52. The first-order valence-electron chi connectivity index (χ1n) is 7.10. The van der Waals surface area contributed by atoms with Crippen LogP contribution in [-0.4, -0.2) is 14.1 Å². The van der Waals surface area contributed by atoms with Gasteiger partial charge in [0, 0.05) is 24.1 Å². The van der Waals surface area contributed by atoms with Gasteiger partial charge in [0.15, 0.2) is 6.33 Å². The molecule has 0 aliphatic carbocycles. The van der Waals surface area contributed by atoms with Crippen LogP contribution in [0, 0.1) is 13.3 Å². The minimum absolute atomic E-state index is 0.794. The monoisotopic (exact) mass is 274 g/mol. The van der Waals surface area contributed by atoms with Crippen LogP contribution in [0.15, 0.2) is 48.7 Å². The van der Waals surface area contributed by atoms with Crippen molar-refractivity contribution in [3.63, 3.8) is 0 Å². The second kappa shape index (κ2) is 4.48. The number of para-hydroxylation sites is 2. The van der Waals surface area contributed by atoms with Crippen molar-refractivity contribution in [3.05, 3.63) is 66.1 Å². The topological polar surface area (TPSA) is 22.8 Å². The minimum atomic E-state index is 0.794. The summed E-state index contributed by atoms with van der Waals surface area (Å²) < 4.78 is 4.29. The van der Waals surface area contributed by atoms with E-state index in [0.29, 0.717) is 0 Å². The van der Waals surface area contributed by atoms with Crippen LogP contribution < -0.4 is 0 Å². The average Bonchev–Trinajstić information content (AvgIpc) is 3.03. The van der Waals surface area contributed by atoms with Crippen molar-refractivity contribution < 1.29 is 0 Å². The normalized spacial score (nSPS) is 11.5. The summed E-state index contributed by atoms with van der Waals surface area (Å²) in [6.07, 6.45) is 5.32. The molecule has 0 amide bonds. The van der Waals surface area contributed by atoms with Crippen molar-refractivity contribution in [2.24, 2.45) is 7.05 Å². The Kier molecular flexibility index (Phi) is 2.61. The molecule has 1 radical (unpaired) electrons. The van der Waals surface area contributed by atoms with Crippen molar-refractivity contribution in [3.8, 4) is 0 Å². The highest BCUT2D eigenvalue weighted by atomic mass is 15.0. The third-order valence-corrected chi connectivity index (χ3v) is 4.09. The highest BCUT2D eigenvalue weighted by Crippen LogP contribution is 2.25. The fourth-order valence-corrected chi connectivity index (χ4v) is 3.10. The zero-order chi connectivity index (χ0) is 14.4. The molecular weight excluding hydrogens is 258 g/mol. The molecule has 21 heavy (non-hydrogen) atoms. The lowest BCUT2D eigenvalue weighted by atomic mass is 10.1. The van der Waals surface area contributed by atoms with Crippen LogP contribution in [-0.2, 0) is 13.6 Å². The molecule has 2 heterocycles. The number of aryl methyl sites for hydroxylation is 2. The third kappa shape index (κ3) is 1.85. The summed E-state index contributed by atoms with van der Waals surface area (Å²) in [6, 6.07) is 14.6. The van der Waals surface area contributed by atoms with Gasteiger partial charge in [0.05, 0.1) is 17.6 Å². The number of rotatable bonds is 2. The van der Waals surface area contributed by atoms with Gasteiger partial charge in [0.1, 0.15) is 0 Å². The molecule has 0 spiro atoms. The van der Waals surface area contributed by atoms with Gasteiger partial charge in [-0.25, -0.2) is 4.98 Å². The van der Waals surface area contributed by atoms with Crippen molar-refractivity contribution in [1.82, 2.24) is 14.1 Å². The van der Waals surface area contributed by atoms with Crippen molar-refractivity contribution in [2.75, 3.05) is 0 Å². The summed E-state index contributed by atoms with van der Waals surface area (Å²) in [5.74, 6) is 0. The predicted octanol–water partition coefficient (Wildman–Crippen LogP) is 3.68. The molecule has 0 aliphatic heterocycles. The molecule has 4 rings (SSSR count). The van der Waals surface area contributed by atoms with E-state index in [1.807, 2.05) is 18.2 Å². The van der Waals surface area contributed by atoms with Gasteiger partial charge in [-0.3, -0.25) is 0 Å². The van der Waals surface area contributed by atoms with E-state index in [1.54, 1.807) is 0 Å². The molecule has 4 aromatic rings. The van der Waals surface area contributed by atoms with Gasteiger partial charge in [-0.2, -0.15) is 0 Å². The smallest absolute Gasteiger partial charge is 0.177 e. The van der Waals surface area contributed by atoms with Crippen LogP contribution in [0.5, 0.6) is 0 Å². The van der Waals surface area contributed by atoms with Crippen molar-refractivity contribution in [1.29, 1.82) is 0 Å². The van der Waals surface area contributed by atoms with Gasteiger partial charge in [-0.15, -0.1) is 0 Å². The van der Waals surface area contributed by atoms with Gasteiger partial charge in [0.2, 0.25) is 0 Å². The fourth-order valence-electron chi connectivity index (χ4n) is 3.10. The standard InChI is InChI=1S/C18H16N3/c1-13-6-5-9-17-18(13)14(10-20(17)2)11-21-12-19-15-7-3-4-8-16(15)21/h3-10H,11H2,1-2H3. The van der Waals surface area contributed by atoms with Gasteiger partial charge in [-0.1, -0.05) is 24.3 Å². The van der Waals surface area contributed by atoms with E-state index >= 15 is 0 Å². The van der Waals surface area contributed by atoms with Gasteiger partial charge in [-0.05, 0) is 36.2 Å². The van der Waals surface area contributed by atoms with Crippen LogP contribution in [0.3, 0.4) is 0 Å². The molecule has 0 aliphatic rings. The Hall–Kier alpha value is -2.55. The SMILES string of the molecule is Cc1cccc2c1c(Cn1[c]nc3ccccc31)cn2C. The first kappa shape index (κ1) is 12.2. The van der Waals surface area contributed by atoms with Gasteiger partial charge in [0.25, 0.3) is 0 Å². The van der Waals surface area contributed by atoms with E-state index in [0.717, 1.165) is 17.6 Å². The predicted molar refractivity (Wildman–Crippen MR) is 85.3 cm³/mol. The summed E-state index contributed by atoms with van der Waals surface area (Å²) in [6.45, 7) is 2.96. The van der Waals surface area contributed by atoms with Crippen molar-refractivity contribution >= 4 is 21.9 Å². The van der Waals surface area contributed by atoms with Crippen LogP contribution in [0.25, 0.3) is 21.9 Å². The molecule has 3 nitrogen and oxygen atoms in total. The molecule has 0 unspecified atom stereocenters. The molecule has 0 saturated heterocycles. The Morgan fingerprint density at radius 2 is 1.86 bits per heavy atom. The summed E-state index contributed by atoms with van der Waals surface area (Å²) in [4.78, 5) is 4.36. The Bertz CT molecular complexity index is 944. The Morgan fingerprint density at radius 1 is 1.05 bits per heavy atom. The van der Waals surface area contributed by atoms with E-state index < -0.39 is 0 Å². The molecular formula is C18H16N3. The van der Waals surface area contributed by atoms with E-state index in [2.05, 4.69) is 64.9 Å². The maximum atomic E-state index is 4.36. The summed E-state index contributed by atoms with van der Waals surface area (Å²) in [7, 11) is 2.10. The summed E-state index contributed by atoms with van der Waals surface area (Å²) in [5.41, 5.74) is 6.02. The lowest BCUT2D eigenvalue weighted by Crippen LogP contribution is -1.98. The van der Waals surface area contributed by atoms with Gasteiger partial charge >= 0.3 is 0 Å². The molecule has 3 heteroatoms. The van der Waals surface area contributed by atoms with Gasteiger partial charge < -0.3 is 9.13 Å². The van der Waals surface area contributed by atoms with Crippen LogP contribution in [0.2, 0.25) is 0 Å². The highest BCUT2D eigenvalue weighted by molar-refractivity contribution is 5.87. The number of hydrogen-bond acceptors (Lipinski definition) is 1. The molecule has 103 valence electrons. The van der Waals surface area contributed by atoms with E-state index in [9.17, 15) is 0 Å². The highest BCUT2D eigenvalue weighted by Gasteiger charge is 2.11. The molecule has 2 aromatic carbocycles. The van der Waals surface area contributed by atoms with E-state index in [-0.39, 0.29) is 0 Å². The molecule has 0 bridgehead atoms. The van der Waals surface area contributed by atoms with Crippen LogP contribution >= 0.6 is 0 Å². The maximum absolute atomic E-state index is 4.36. The summed E-state index contributed by atoms with van der Waals surface area (Å²) in [5, 5.41) is 1.34. The first-order chi connectivity index (χ1) is 10.2. The molecule has 0 N–H and O–H groups in total. The number of hydrogen-bond donors (Lipinski definition) is 0. The van der Waals surface area contributed by atoms with E-state index in [4.69, 9.17) is 0 Å². The Labute approximate surface area is 123 Å². The molecule has 2 aromatic heterocycles. The number of nitrogens with zero attached hydrogens (tertiary/aromatic N) is 3. The van der Waals surface area contributed by atoms with Crippen molar-refractivity contribution in [2.45, 2.75) is 13.5 Å². The number of fused-ring (bicyclic) bond motifs is 2. The maximum Gasteiger partial charge on any atom is 0.177 e. The number of benzene rings is 2. The number of aromatic nitrogens is 3. The fraction of sp³-hybridized carbons (Fsp3) is 0.167. The zero-order valence-electron chi connectivity index (χ0n) is 12.2. The molecule has 0 atom stereocenters.